The Morgan fingerprint density at radius 2 is 2.40 bits per heavy atom. The minimum atomic E-state index is -0.411. The van der Waals surface area contributed by atoms with Gasteiger partial charge in [-0.05, 0) is 0 Å². The van der Waals surface area contributed by atoms with Crippen LogP contribution in [0.5, 0.6) is 5.88 Å². The second kappa shape index (κ2) is 2.57. The number of hydrogen-bond donors (Lipinski definition) is 3. The Morgan fingerprint density at radius 1 is 1.70 bits per heavy atom. The van der Waals surface area contributed by atoms with Crippen molar-refractivity contribution in [2.75, 3.05) is 6.61 Å². The van der Waals surface area contributed by atoms with Gasteiger partial charge in [-0.2, -0.15) is 0 Å². The number of rotatable bonds is 2. The molecule has 0 saturated heterocycles. The number of aromatic amines is 1. The van der Waals surface area contributed by atoms with Crippen LogP contribution in [0.15, 0.2) is 11.0 Å². The summed E-state index contributed by atoms with van der Waals surface area (Å²) in [4.78, 5) is 12.8. The molecule has 5 nitrogen and oxygen atoms in total. The number of aromatic nitrogens is 2. The lowest BCUT2D eigenvalue weighted by Crippen LogP contribution is -2.17. The van der Waals surface area contributed by atoms with Gasteiger partial charge in [-0.15, -0.1) is 0 Å². The molecule has 1 heterocycles. The summed E-state index contributed by atoms with van der Waals surface area (Å²) in [6.45, 7) is 0.0904. The molecule has 0 fully saturated rings. The van der Waals surface area contributed by atoms with Crippen molar-refractivity contribution in [1.82, 2.24) is 9.55 Å². The largest absolute Gasteiger partial charge is 0.493 e. The average molecular weight is 144 g/mol. The van der Waals surface area contributed by atoms with Gasteiger partial charge in [0, 0.05) is 0 Å². The highest BCUT2D eigenvalue weighted by molar-refractivity contribution is 5.00. The van der Waals surface area contributed by atoms with Gasteiger partial charge in [0.15, 0.2) is 0 Å². The van der Waals surface area contributed by atoms with Gasteiger partial charge in [-0.1, -0.05) is 0 Å². The third-order valence-corrected chi connectivity index (χ3v) is 1.11. The van der Waals surface area contributed by atoms with E-state index in [1.807, 2.05) is 0 Å². The third kappa shape index (κ3) is 1.19. The predicted molar refractivity (Wildman–Crippen MR) is 33.8 cm³/mol. The number of aliphatic hydroxyl groups is 1. The van der Waals surface area contributed by atoms with E-state index in [2.05, 4.69) is 4.98 Å². The van der Waals surface area contributed by atoms with Gasteiger partial charge < -0.3 is 10.2 Å². The molecule has 3 N–H and O–H groups in total. The van der Waals surface area contributed by atoms with Gasteiger partial charge in [-0.25, -0.2) is 4.79 Å². The molecule has 0 bridgehead atoms. The average Bonchev–Trinajstić information content (AvgIpc) is 2.13. The monoisotopic (exact) mass is 144 g/mol. The van der Waals surface area contributed by atoms with Gasteiger partial charge in [0.2, 0.25) is 5.88 Å². The second-order valence-corrected chi connectivity index (χ2v) is 1.86. The number of aromatic hydroxyl groups is 1. The molecule has 5 heteroatoms. The van der Waals surface area contributed by atoms with Crippen LogP contribution in [0, 0.1) is 0 Å². The van der Waals surface area contributed by atoms with Crippen LogP contribution in [0.3, 0.4) is 0 Å². The van der Waals surface area contributed by atoms with Crippen molar-refractivity contribution >= 4 is 0 Å². The summed E-state index contributed by atoms with van der Waals surface area (Å²) < 4.78 is 1.19. The van der Waals surface area contributed by atoms with Crippen LogP contribution in [0.4, 0.5) is 0 Å². The normalized spacial score (nSPS) is 10.1. The van der Waals surface area contributed by atoms with Crippen molar-refractivity contribution < 1.29 is 10.2 Å². The Balaban J connectivity index is 2.92. The van der Waals surface area contributed by atoms with Crippen molar-refractivity contribution in [2.45, 2.75) is 6.54 Å². The lowest BCUT2D eigenvalue weighted by Gasteiger charge is -1.91. The summed E-state index contributed by atoms with van der Waals surface area (Å²) in [5.41, 5.74) is -0.411. The lowest BCUT2D eigenvalue weighted by atomic mass is 10.7. The molecule has 0 atom stereocenters. The van der Waals surface area contributed by atoms with Crippen LogP contribution in [0.2, 0.25) is 0 Å². The number of H-pyrrole nitrogens is 1. The molecule has 0 saturated carbocycles. The van der Waals surface area contributed by atoms with Gasteiger partial charge in [-0.3, -0.25) is 9.55 Å². The van der Waals surface area contributed by atoms with Gasteiger partial charge in [0.05, 0.1) is 19.3 Å². The topological polar surface area (TPSA) is 78.2 Å². The number of hydrogen-bond acceptors (Lipinski definition) is 3. The maximum absolute atomic E-state index is 10.7. The van der Waals surface area contributed by atoms with Crippen molar-refractivity contribution in [2.24, 2.45) is 0 Å². The molecule has 10 heavy (non-hydrogen) atoms. The van der Waals surface area contributed by atoms with Crippen LogP contribution in [0.25, 0.3) is 0 Å². The molecule has 0 aromatic carbocycles. The fraction of sp³-hybridized carbons (Fsp3) is 0.400. The zero-order chi connectivity index (χ0) is 7.56. The number of aliphatic hydroxyl groups excluding tert-OH is 1. The maximum atomic E-state index is 10.7. The van der Waals surface area contributed by atoms with E-state index in [1.54, 1.807) is 0 Å². The Hall–Kier alpha value is -1.23. The number of nitrogens with one attached hydrogen (secondary N) is 1. The first-order chi connectivity index (χ1) is 4.74. The fourth-order valence-corrected chi connectivity index (χ4v) is 0.694. The number of nitrogens with zero attached hydrogens (tertiary/aromatic N) is 1. The van der Waals surface area contributed by atoms with Crippen LogP contribution in [-0.4, -0.2) is 26.4 Å². The Labute approximate surface area is 56.6 Å². The van der Waals surface area contributed by atoms with E-state index >= 15 is 0 Å². The molecule has 0 aliphatic carbocycles. The first-order valence-corrected chi connectivity index (χ1v) is 2.83. The highest BCUT2D eigenvalue weighted by Crippen LogP contribution is 1.96. The lowest BCUT2D eigenvalue weighted by molar-refractivity contribution is 0.274. The van der Waals surface area contributed by atoms with Crippen LogP contribution >= 0.6 is 0 Å². The first-order valence-electron chi connectivity index (χ1n) is 2.83. The second-order valence-electron chi connectivity index (χ2n) is 1.86. The SMILES string of the molecule is O=c1[nH]c(O)cn1CCO. The van der Waals surface area contributed by atoms with E-state index in [1.165, 1.54) is 10.8 Å². The maximum Gasteiger partial charge on any atom is 0.328 e. The third-order valence-electron chi connectivity index (χ3n) is 1.11. The van der Waals surface area contributed by atoms with E-state index in [0.717, 1.165) is 0 Å². The van der Waals surface area contributed by atoms with Crippen LogP contribution in [0.1, 0.15) is 0 Å². The molecule has 0 spiro atoms. The van der Waals surface area contributed by atoms with Crippen molar-refractivity contribution in [3.8, 4) is 5.88 Å². The summed E-state index contributed by atoms with van der Waals surface area (Å²) in [6.07, 6.45) is 1.23. The highest BCUT2D eigenvalue weighted by Gasteiger charge is 1.97. The van der Waals surface area contributed by atoms with E-state index < -0.39 is 5.69 Å². The first kappa shape index (κ1) is 6.88. The van der Waals surface area contributed by atoms with E-state index in [9.17, 15) is 4.79 Å². The smallest absolute Gasteiger partial charge is 0.328 e. The highest BCUT2D eigenvalue weighted by atomic mass is 16.3. The minimum absolute atomic E-state index is 0.114. The summed E-state index contributed by atoms with van der Waals surface area (Å²) in [6, 6.07) is 0. The molecule has 0 unspecified atom stereocenters. The van der Waals surface area contributed by atoms with E-state index in [4.69, 9.17) is 10.2 Å². The van der Waals surface area contributed by atoms with E-state index in [-0.39, 0.29) is 19.0 Å². The molecule has 0 aliphatic heterocycles. The molecule has 1 aromatic rings. The molecular weight excluding hydrogens is 136 g/mol. The van der Waals surface area contributed by atoms with Crippen molar-refractivity contribution in [1.29, 1.82) is 0 Å². The Kier molecular flexibility index (Phi) is 1.77. The number of imidazole rings is 1. The van der Waals surface area contributed by atoms with Gasteiger partial charge in [0.1, 0.15) is 0 Å². The molecule has 1 aromatic heterocycles. The van der Waals surface area contributed by atoms with Crippen molar-refractivity contribution in [3.05, 3.63) is 16.7 Å². The minimum Gasteiger partial charge on any atom is -0.493 e. The Bertz CT molecular complexity index is 262. The molecule has 56 valence electrons. The Morgan fingerprint density at radius 3 is 2.80 bits per heavy atom. The summed E-state index contributed by atoms with van der Waals surface area (Å²) in [5.74, 6) is -0.182. The molecule has 1 rings (SSSR count). The summed E-state index contributed by atoms with van der Waals surface area (Å²) in [7, 11) is 0. The van der Waals surface area contributed by atoms with Gasteiger partial charge >= 0.3 is 5.69 Å². The standard InChI is InChI=1S/C5H8N2O3/c8-2-1-7-3-4(9)6-5(7)10/h3,8-9H,1-2H2,(H,6,10). The molecule has 0 amide bonds. The van der Waals surface area contributed by atoms with Crippen LogP contribution < -0.4 is 5.69 Å². The van der Waals surface area contributed by atoms with Gasteiger partial charge in [0.25, 0.3) is 0 Å². The zero-order valence-corrected chi connectivity index (χ0v) is 5.24. The quantitative estimate of drug-likeness (QED) is 0.491. The molecular formula is C5H8N2O3. The molecule has 0 radical (unpaired) electrons. The van der Waals surface area contributed by atoms with Crippen molar-refractivity contribution in [3.63, 3.8) is 0 Å². The van der Waals surface area contributed by atoms with Crippen LogP contribution in [-0.2, 0) is 6.54 Å². The summed E-state index contributed by atoms with van der Waals surface area (Å²) in [5, 5.41) is 17.1. The zero-order valence-electron chi connectivity index (χ0n) is 5.24. The van der Waals surface area contributed by atoms with E-state index in [0.29, 0.717) is 0 Å². The fourth-order valence-electron chi connectivity index (χ4n) is 0.694. The predicted octanol–water partition coefficient (Wildman–Crippen LogP) is -1.13. The summed E-state index contributed by atoms with van der Waals surface area (Å²) >= 11 is 0. The molecule has 0 aliphatic rings.